The van der Waals surface area contributed by atoms with Crippen LogP contribution in [-0.4, -0.2) is 260 Å². The van der Waals surface area contributed by atoms with E-state index in [4.69, 9.17) is 57.6 Å². The molecular formula is C87H144N6O28. The Hall–Kier alpha value is -8.90. The third-order valence-corrected chi connectivity index (χ3v) is 18.8. The number of nitrogens with one attached hydrogen (secondary N) is 6. The molecule has 2 rings (SSSR count). The largest absolute Gasteiger partial charge is 0.494 e. The van der Waals surface area contributed by atoms with Gasteiger partial charge in [-0.15, -0.1) is 0 Å². The monoisotopic (exact) mass is 1720 g/mol. The summed E-state index contributed by atoms with van der Waals surface area (Å²) in [6.45, 7) is 12.8. The van der Waals surface area contributed by atoms with E-state index in [1.807, 2.05) is 6.92 Å². The number of aromatic carboxylic acids is 2. The highest BCUT2D eigenvalue weighted by Gasteiger charge is 2.25. The number of carboxylic acids is 4. The van der Waals surface area contributed by atoms with Crippen LogP contribution < -0.4 is 41.4 Å². The van der Waals surface area contributed by atoms with Gasteiger partial charge >= 0.3 is 23.9 Å². The summed E-state index contributed by atoms with van der Waals surface area (Å²) in [5, 5.41) is 52.8. The summed E-state index contributed by atoms with van der Waals surface area (Å²) < 4.78 is 53.9. The van der Waals surface area contributed by atoms with E-state index in [9.17, 15) is 77.3 Å². The SMILES string of the molecule is CC(=O)COCCOCCNC(=O)CC[C@H](NC(=O)CCCCCCCCCOc1ccc(C(=O)O)cc1)C(=O)O.CCCCOCCOCC(=O)NCCCC[C@H](C)C(=O)C[C@@H](CCCCNC(=O)COCCOCCNC(=O)COCCOCCCC(=O)CC[C@H](NC(=O)CCCCCCCCCOc1ccc(C(=O)O)cc1)C(=O)O)C(C)=O.[HH].[HH]. The molecule has 0 aliphatic carbocycles. The zero-order valence-electron chi connectivity index (χ0n) is 72.0. The summed E-state index contributed by atoms with van der Waals surface area (Å²) in [4.78, 5) is 166. The van der Waals surface area contributed by atoms with Crippen molar-refractivity contribution in [1.82, 2.24) is 31.9 Å². The van der Waals surface area contributed by atoms with E-state index >= 15 is 0 Å². The zero-order chi connectivity index (χ0) is 89.1. The molecule has 0 saturated heterocycles. The van der Waals surface area contributed by atoms with Crippen LogP contribution in [0.15, 0.2) is 48.5 Å². The average Bonchev–Trinajstić information content (AvgIpc) is 0.899. The first-order valence-corrected chi connectivity index (χ1v) is 43.0. The van der Waals surface area contributed by atoms with Crippen molar-refractivity contribution in [2.75, 3.05) is 145 Å². The second kappa shape index (κ2) is 74.9. The van der Waals surface area contributed by atoms with E-state index in [2.05, 4.69) is 38.8 Å². The normalized spacial score (nSPS) is 12.0. The lowest BCUT2D eigenvalue weighted by molar-refractivity contribution is -0.142. The number of carbonyl (C=O) groups is 14. The van der Waals surface area contributed by atoms with Crippen LogP contribution in [0.2, 0.25) is 0 Å². The fraction of sp³-hybridized carbons (Fsp3) is 0.701. The van der Waals surface area contributed by atoms with E-state index in [-0.39, 0.29) is 228 Å². The molecule has 34 heteroatoms. The minimum absolute atomic E-state index is 0. The summed E-state index contributed by atoms with van der Waals surface area (Å²) in [7, 11) is 0. The molecule has 0 unspecified atom stereocenters. The molecule has 4 atom stereocenters. The molecule has 0 aliphatic heterocycles. The Morgan fingerprint density at radius 1 is 0.339 bits per heavy atom. The molecule has 0 radical (unpaired) electrons. The van der Waals surface area contributed by atoms with E-state index in [0.29, 0.717) is 109 Å². The van der Waals surface area contributed by atoms with Crippen molar-refractivity contribution in [1.29, 1.82) is 0 Å². The molecule has 0 aliphatic rings. The predicted molar refractivity (Wildman–Crippen MR) is 453 cm³/mol. The number of benzene rings is 2. The van der Waals surface area contributed by atoms with Crippen LogP contribution in [0.1, 0.15) is 250 Å². The molecule has 0 spiro atoms. The van der Waals surface area contributed by atoms with Gasteiger partial charge in [-0.1, -0.05) is 97.3 Å². The predicted octanol–water partition coefficient (Wildman–Crippen LogP) is 9.44. The zero-order valence-corrected chi connectivity index (χ0v) is 72.0. The Labute approximate surface area is 716 Å². The highest BCUT2D eigenvalue weighted by Crippen LogP contribution is 2.21. The van der Waals surface area contributed by atoms with Crippen molar-refractivity contribution in [3.05, 3.63) is 59.7 Å². The highest BCUT2D eigenvalue weighted by atomic mass is 16.5. The lowest BCUT2D eigenvalue weighted by atomic mass is 9.87. The molecule has 690 valence electrons. The van der Waals surface area contributed by atoms with Gasteiger partial charge in [0.1, 0.15) is 67.4 Å². The topological polar surface area (TPSA) is 484 Å². The molecule has 2 aromatic rings. The Morgan fingerprint density at radius 3 is 1.12 bits per heavy atom. The van der Waals surface area contributed by atoms with E-state index < -0.39 is 36.0 Å². The summed E-state index contributed by atoms with van der Waals surface area (Å²) in [6, 6.07) is 10.3. The maximum Gasteiger partial charge on any atom is 0.335 e. The van der Waals surface area contributed by atoms with Crippen LogP contribution in [0.25, 0.3) is 0 Å². The number of carboxylic acid groups (broad SMARTS) is 4. The Morgan fingerprint density at radius 2 is 0.711 bits per heavy atom. The van der Waals surface area contributed by atoms with Gasteiger partial charge in [-0.25, -0.2) is 19.2 Å². The summed E-state index contributed by atoms with van der Waals surface area (Å²) in [5.74, 6) is -5.56. The number of ether oxygens (including phenoxy) is 10. The third kappa shape index (κ3) is 66.4. The molecule has 2 aromatic carbocycles. The van der Waals surface area contributed by atoms with Crippen molar-refractivity contribution in [2.45, 2.75) is 239 Å². The van der Waals surface area contributed by atoms with Crippen LogP contribution in [0.4, 0.5) is 0 Å². The van der Waals surface area contributed by atoms with Crippen molar-refractivity contribution in [3.8, 4) is 11.5 Å². The maximum absolute atomic E-state index is 12.9. The van der Waals surface area contributed by atoms with Gasteiger partial charge in [0.05, 0.1) is 90.4 Å². The van der Waals surface area contributed by atoms with Gasteiger partial charge in [-0.3, -0.25) is 47.9 Å². The second-order valence-electron chi connectivity index (χ2n) is 29.4. The lowest BCUT2D eigenvalue weighted by Gasteiger charge is -2.16. The number of unbranched alkanes of at least 4 members (excludes halogenated alkanes) is 15. The highest BCUT2D eigenvalue weighted by molar-refractivity contribution is 5.89. The quantitative estimate of drug-likeness (QED) is 0.0275. The third-order valence-electron chi connectivity index (χ3n) is 18.8. The van der Waals surface area contributed by atoms with E-state index in [1.54, 1.807) is 24.3 Å². The van der Waals surface area contributed by atoms with Crippen LogP contribution in [0, 0.1) is 11.8 Å². The van der Waals surface area contributed by atoms with Gasteiger partial charge in [-0.2, -0.15) is 0 Å². The number of amides is 6. The molecule has 6 amide bonds. The molecule has 10 N–H and O–H groups in total. The minimum Gasteiger partial charge on any atom is -0.494 e. The maximum atomic E-state index is 12.9. The molecule has 0 heterocycles. The number of ketones is 4. The first-order chi connectivity index (χ1) is 58.3. The fourth-order valence-corrected chi connectivity index (χ4v) is 11.6. The molecule has 0 aromatic heterocycles. The Balaban J connectivity index is 0. The number of hydrogen-bond donors (Lipinski definition) is 10. The van der Waals surface area contributed by atoms with Gasteiger partial charge in [0.15, 0.2) is 5.78 Å². The van der Waals surface area contributed by atoms with Crippen molar-refractivity contribution >= 4 is 82.5 Å². The van der Waals surface area contributed by atoms with Crippen molar-refractivity contribution in [3.63, 3.8) is 0 Å². The molecule has 0 bridgehead atoms. The number of hydrogen-bond acceptors (Lipinski definition) is 24. The van der Waals surface area contributed by atoms with Gasteiger partial charge in [0.25, 0.3) is 0 Å². The second-order valence-corrected chi connectivity index (χ2v) is 29.4. The van der Waals surface area contributed by atoms with Crippen LogP contribution in [0.3, 0.4) is 0 Å². The van der Waals surface area contributed by atoms with Crippen molar-refractivity contribution in [2.24, 2.45) is 11.8 Å². The molecule has 34 nitrogen and oxygen atoms in total. The van der Waals surface area contributed by atoms with Gasteiger partial charge < -0.3 is 99.7 Å². The number of aliphatic carboxylic acids is 2. The summed E-state index contributed by atoms with van der Waals surface area (Å²) in [6.07, 6.45) is 20.2. The molecule has 0 fully saturated rings. The number of Topliss-reactive ketones (excluding diaryl/α,β-unsaturated/α-hetero) is 4. The Bertz CT molecular complexity index is 3230. The fourth-order valence-electron chi connectivity index (χ4n) is 11.6. The van der Waals surface area contributed by atoms with Gasteiger partial charge in [0.2, 0.25) is 35.4 Å². The van der Waals surface area contributed by atoms with Crippen LogP contribution in [-0.2, 0) is 95.4 Å². The van der Waals surface area contributed by atoms with Crippen LogP contribution in [0.5, 0.6) is 11.5 Å². The molecular weight excluding hydrogens is 1580 g/mol. The van der Waals surface area contributed by atoms with Crippen LogP contribution >= 0.6 is 0 Å². The van der Waals surface area contributed by atoms with E-state index in [0.717, 1.165) is 103 Å². The molecule has 0 saturated carbocycles. The van der Waals surface area contributed by atoms with Gasteiger partial charge in [-0.05, 0) is 139 Å². The smallest absolute Gasteiger partial charge is 0.335 e. The average molecular weight is 1720 g/mol. The van der Waals surface area contributed by atoms with Gasteiger partial charge in [0, 0.05) is 92.6 Å². The Kier molecular flexibility index (Phi) is 68.2. The first-order valence-electron chi connectivity index (χ1n) is 43.0. The van der Waals surface area contributed by atoms with E-state index in [1.165, 1.54) is 38.1 Å². The summed E-state index contributed by atoms with van der Waals surface area (Å²) >= 11 is 0. The van der Waals surface area contributed by atoms with Crippen molar-refractivity contribution < 1.29 is 138 Å². The number of carbonyl (C=O) groups excluding carboxylic acids is 10. The summed E-state index contributed by atoms with van der Waals surface area (Å²) in [5.41, 5.74) is 0.436. The lowest BCUT2D eigenvalue weighted by Crippen LogP contribution is -2.41. The molecule has 121 heavy (non-hydrogen) atoms. The standard InChI is InChI=1S/C58H96N4O18.C29H44N2O10.2H2/c1-4-5-31-74-35-38-77-42-54(67)59-28-14-12-18-45(2)52(65)41-48(46(3)63)19-13-15-29-60-55(68)43-79-40-37-76-34-30-61-56(69)44-78-39-36-75-32-17-20-49(64)24-27-51(58(72)73)62-53(66)21-11-9-7-6-8-10-16-33-80-50-25-22-47(23-26-50)57(70)71;1-22(32)21-40-20-19-39-18-16-30-26(33)15-14-25(29(37)38)31-27(34)9-7-5-3-2-4-6-8-17-41-24-12-10-23(11-13-24)28(35)36;;/h22-23,25-26,45,48,51H,4-21,24,27-44H2,1-3H3,(H,59,67)(H,60,68)(H,61,69)(H,62,66)(H,70,71)(H,72,73);10-13,25H,2-9,14-21H2,1H3,(H,30,33)(H,31,34)(H,35,36)(H,37,38);2*1H/t45-,48+,51-;25-;;/m00../s1. The number of rotatable bonds is 81. The first kappa shape index (κ1) is 110. The minimum atomic E-state index is -1.19.